The lowest BCUT2D eigenvalue weighted by molar-refractivity contribution is 0.122. The van der Waals surface area contributed by atoms with Crippen LogP contribution in [0.2, 0.25) is 0 Å². The van der Waals surface area contributed by atoms with Crippen molar-refractivity contribution < 1.29 is 19.5 Å². The van der Waals surface area contributed by atoms with E-state index < -0.39 is 7.12 Å². The number of hydrogen-bond acceptors (Lipinski definition) is 6. The molecule has 2 fully saturated rings. The van der Waals surface area contributed by atoms with Crippen LogP contribution >= 0.6 is 0 Å². The molecule has 1 aromatic rings. The molecule has 2 saturated heterocycles. The van der Waals surface area contributed by atoms with Gasteiger partial charge in [0.2, 0.25) is 0 Å². The van der Waals surface area contributed by atoms with Gasteiger partial charge in [0.15, 0.2) is 0 Å². The smallest absolute Gasteiger partial charge is 0.423 e. The van der Waals surface area contributed by atoms with E-state index >= 15 is 0 Å². The predicted octanol–water partition coefficient (Wildman–Crippen LogP) is -0.960. The number of anilines is 2. The zero-order valence-corrected chi connectivity index (χ0v) is 12.1. The van der Waals surface area contributed by atoms with E-state index in [9.17, 15) is 10.0 Å². The molecule has 0 bridgehead atoms. The van der Waals surface area contributed by atoms with Crippen molar-refractivity contribution in [1.82, 2.24) is 0 Å². The van der Waals surface area contributed by atoms with Crippen LogP contribution < -0.4 is 15.3 Å². The molecule has 0 amide bonds. The Morgan fingerprint density at radius 1 is 0.762 bits per heavy atom. The Morgan fingerprint density at radius 3 is 1.57 bits per heavy atom. The molecule has 0 spiro atoms. The van der Waals surface area contributed by atoms with E-state index in [-0.39, 0.29) is 0 Å². The summed E-state index contributed by atoms with van der Waals surface area (Å²) in [5, 5.41) is 19.1. The summed E-state index contributed by atoms with van der Waals surface area (Å²) < 4.78 is 10.8. The number of rotatable bonds is 3. The van der Waals surface area contributed by atoms with Crippen molar-refractivity contribution in [2.24, 2.45) is 0 Å². The van der Waals surface area contributed by atoms with Gasteiger partial charge in [-0.15, -0.1) is 0 Å². The minimum absolute atomic E-state index is 0.528. The Balaban J connectivity index is 1.89. The molecule has 7 heteroatoms. The highest BCUT2D eigenvalue weighted by atomic mass is 16.5. The molecule has 0 aliphatic carbocycles. The molecule has 21 heavy (non-hydrogen) atoms. The van der Waals surface area contributed by atoms with Crippen molar-refractivity contribution in [3.05, 3.63) is 18.2 Å². The Bertz CT molecular complexity index is 438. The summed E-state index contributed by atoms with van der Waals surface area (Å²) >= 11 is 0. The molecule has 0 aromatic heterocycles. The second-order valence-electron chi connectivity index (χ2n) is 5.36. The van der Waals surface area contributed by atoms with Gasteiger partial charge in [-0.3, -0.25) is 0 Å². The molecule has 2 N–H and O–H groups in total. The van der Waals surface area contributed by atoms with E-state index in [1.807, 2.05) is 12.1 Å². The highest BCUT2D eigenvalue weighted by molar-refractivity contribution is 6.58. The fourth-order valence-electron chi connectivity index (χ4n) is 2.78. The van der Waals surface area contributed by atoms with Gasteiger partial charge >= 0.3 is 7.12 Å². The SMILES string of the molecule is OB(O)c1cc(N2CCOCC2)cc(N2CCOCC2)c1. The summed E-state index contributed by atoms with van der Waals surface area (Å²) in [7, 11) is -1.45. The molecule has 1 aromatic carbocycles. The van der Waals surface area contributed by atoms with Crippen LogP contribution in [0.15, 0.2) is 18.2 Å². The lowest BCUT2D eigenvalue weighted by Crippen LogP contribution is -2.40. The molecule has 0 saturated carbocycles. The van der Waals surface area contributed by atoms with Gasteiger partial charge in [0.1, 0.15) is 0 Å². The predicted molar refractivity (Wildman–Crippen MR) is 82.3 cm³/mol. The molecular formula is C14H21BN2O4. The lowest BCUT2D eigenvalue weighted by Gasteiger charge is -2.33. The number of benzene rings is 1. The topological polar surface area (TPSA) is 65.4 Å². The van der Waals surface area contributed by atoms with Gasteiger partial charge in [0.25, 0.3) is 0 Å². The highest BCUT2D eigenvalue weighted by Gasteiger charge is 2.20. The quantitative estimate of drug-likeness (QED) is 0.700. The minimum Gasteiger partial charge on any atom is -0.423 e. The molecule has 0 radical (unpaired) electrons. The van der Waals surface area contributed by atoms with Crippen molar-refractivity contribution in [3.8, 4) is 0 Å². The maximum atomic E-state index is 9.54. The van der Waals surface area contributed by atoms with Crippen LogP contribution in [0.25, 0.3) is 0 Å². The fourth-order valence-corrected chi connectivity index (χ4v) is 2.78. The molecule has 0 unspecified atom stereocenters. The number of ether oxygens (including phenoxy) is 2. The van der Waals surface area contributed by atoms with Crippen LogP contribution in [0, 0.1) is 0 Å². The average Bonchev–Trinajstić information content (AvgIpc) is 2.56. The zero-order valence-electron chi connectivity index (χ0n) is 12.1. The second-order valence-corrected chi connectivity index (χ2v) is 5.36. The Kier molecular flexibility index (Phi) is 4.65. The molecule has 2 aliphatic rings. The van der Waals surface area contributed by atoms with Crippen molar-refractivity contribution in [1.29, 1.82) is 0 Å². The van der Waals surface area contributed by atoms with E-state index in [2.05, 4.69) is 15.9 Å². The first-order valence-corrected chi connectivity index (χ1v) is 7.40. The molecule has 2 heterocycles. The van der Waals surface area contributed by atoms with Crippen molar-refractivity contribution in [2.45, 2.75) is 0 Å². The normalized spacial score (nSPS) is 19.7. The van der Waals surface area contributed by atoms with Crippen LogP contribution in [-0.4, -0.2) is 69.8 Å². The maximum absolute atomic E-state index is 9.54. The number of morpholine rings is 2. The first-order chi connectivity index (χ1) is 10.2. The van der Waals surface area contributed by atoms with E-state index in [1.165, 1.54) is 0 Å². The summed E-state index contributed by atoms with van der Waals surface area (Å²) in [6.07, 6.45) is 0. The van der Waals surface area contributed by atoms with E-state index in [4.69, 9.17) is 9.47 Å². The highest BCUT2D eigenvalue weighted by Crippen LogP contribution is 2.23. The average molecular weight is 292 g/mol. The van der Waals surface area contributed by atoms with Gasteiger partial charge in [-0.2, -0.15) is 0 Å². The van der Waals surface area contributed by atoms with Crippen LogP contribution in [0.5, 0.6) is 0 Å². The molecule has 2 aliphatic heterocycles. The van der Waals surface area contributed by atoms with Crippen molar-refractivity contribution in [2.75, 3.05) is 62.4 Å². The van der Waals surface area contributed by atoms with Gasteiger partial charge in [-0.05, 0) is 23.7 Å². The Labute approximate surface area is 125 Å². The van der Waals surface area contributed by atoms with Gasteiger partial charge in [-0.25, -0.2) is 0 Å². The summed E-state index contributed by atoms with van der Waals surface area (Å²) in [4.78, 5) is 4.44. The molecule has 0 atom stereocenters. The van der Waals surface area contributed by atoms with Crippen molar-refractivity contribution >= 4 is 24.0 Å². The maximum Gasteiger partial charge on any atom is 0.488 e. The molecule has 3 rings (SSSR count). The third-order valence-corrected chi connectivity index (χ3v) is 3.98. The van der Waals surface area contributed by atoms with Crippen LogP contribution in [0.4, 0.5) is 11.4 Å². The van der Waals surface area contributed by atoms with Gasteiger partial charge in [0.05, 0.1) is 26.4 Å². The number of hydrogen-bond donors (Lipinski definition) is 2. The standard InChI is InChI=1S/C14H21BN2O4/c18-15(19)12-9-13(16-1-5-20-6-2-16)11-14(10-12)17-3-7-21-8-4-17/h9-11,18-19H,1-8H2. The number of nitrogens with zero attached hydrogens (tertiary/aromatic N) is 2. The van der Waals surface area contributed by atoms with E-state index in [0.29, 0.717) is 31.9 Å². The first kappa shape index (κ1) is 14.7. The molecule has 6 nitrogen and oxygen atoms in total. The van der Waals surface area contributed by atoms with Crippen LogP contribution in [-0.2, 0) is 9.47 Å². The third-order valence-electron chi connectivity index (χ3n) is 3.98. The fraction of sp³-hybridized carbons (Fsp3) is 0.571. The van der Waals surface area contributed by atoms with Crippen molar-refractivity contribution in [3.63, 3.8) is 0 Å². The van der Waals surface area contributed by atoms with E-state index in [0.717, 1.165) is 37.6 Å². The summed E-state index contributed by atoms with van der Waals surface area (Å²) in [5.74, 6) is 0. The monoisotopic (exact) mass is 292 g/mol. The van der Waals surface area contributed by atoms with Gasteiger partial charge in [-0.1, -0.05) is 0 Å². The minimum atomic E-state index is -1.45. The third kappa shape index (κ3) is 3.49. The second kappa shape index (κ2) is 6.66. The summed E-state index contributed by atoms with van der Waals surface area (Å²) in [5.41, 5.74) is 2.57. The summed E-state index contributed by atoms with van der Waals surface area (Å²) in [6, 6.07) is 5.81. The van der Waals surface area contributed by atoms with Gasteiger partial charge in [0, 0.05) is 37.6 Å². The largest absolute Gasteiger partial charge is 0.488 e. The summed E-state index contributed by atoms with van der Waals surface area (Å²) in [6.45, 7) is 6.14. The van der Waals surface area contributed by atoms with Crippen LogP contribution in [0.3, 0.4) is 0 Å². The molecular weight excluding hydrogens is 271 g/mol. The van der Waals surface area contributed by atoms with E-state index in [1.54, 1.807) is 0 Å². The van der Waals surface area contributed by atoms with Crippen LogP contribution in [0.1, 0.15) is 0 Å². The molecule has 114 valence electrons. The Morgan fingerprint density at radius 2 is 1.19 bits per heavy atom. The zero-order chi connectivity index (χ0) is 14.7. The Hall–Kier alpha value is -1.28. The van der Waals surface area contributed by atoms with Gasteiger partial charge < -0.3 is 29.3 Å². The lowest BCUT2D eigenvalue weighted by atomic mass is 9.79. The first-order valence-electron chi connectivity index (χ1n) is 7.40.